The molecule has 3 aromatic rings. The monoisotopic (exact) mass is 508 g/mol. The topological polar surface area (TPSA) is 68.7 Å². The first-order valence-corrected chi connectivity index (χ1v) is 12.2. The molecule has 0 atom stereocenters. The van der Waals surface area contributed by atoms with Gasteiger partial charge in [-0.05, 0) is 37.1 Å². The zero-order valence-corrected chi connectivity index (χ0v) is 20.2. The number of nitrogens with one attached hydrogen (secondary N) is 1. The highest BCUT2D eigenvalue weighted by atomic mass is 35.5. The maximum Gasteiger partial charge on any atom is 0.163 e. The van der Waals surface area contributed by atoms with Gasteiger partial charge in [0.15, 0.2) is 11.5 Å². The molecule has 0 saturated carbocycles. The number of alkyl halides is 1. The summed E-state index contributed by atoms with van der Waals surface area (Å²) in [4.78, 5) is 11.1. The molecular formula is C24H27Cl2FN4O3. The average Bonchev–Trinajstić information content (AvgIpc) is 2.85. The summed E-state index contributed by atoms with van der Waals surface area (Å²) in [6.07, 6.45) is 3.06. The van der Waals surface area contributed by atoms with E-state index in [-0.39, 0.29) is 5.02 Å². The van der Waals surface area contributed by atoms with Crippen LogP contribution in [-0.2, 0) is 4.74 Å². The predicted molar refractivity (Wildman–Crippen MR) is 132 cm³/mol. The SMILES string of the molecule is Fc1ccc(Nc2ncnc3cc(OCCCCl)c(OCCCN4CCOCC4)cc23)cc1Cl. The highest BCUT2D eigenvalue weighted by Gasteiger charge is 2.14. The van der Waals surface area contributed by atoms with Gasteiger partial charge in [-0.1, -0.05) is 11.6 Å². The van der Waals surface area contributed by atoms with Crippen LogP contribution in [0, 0.1) is 5.82 Å². The lowest BCUT2D eigenvalue weighted by molar-refractivity contribution is 0.0357. The highest BCUT2D eigenvalue weighted by Crippen LogP contribution is 2.35. The zero-order chi connectivity index (χ0) is 23.8. The van der Waals surface area contributed by atoms with Gasteiger partial charge in [0.05, 0.1) is 37.0 Å². The lowest BCUT2D eigenvalue weighted by atomic mass is 10.2. The predicted octanol–water partition coefficient (Wildman–Crippen LogP) is 5.27. The molecule has 1 saturated heterocycles. The summed E-state index contributed by atoms with van der Waals surface area (Å²) < 4.78 is 31.0. The Labute approximate surface area is 208 Å². The van der Waals surface area contributed by atoms with Gasteiger partial charge >= 0.3 is 0 Å². The van der Waals surface area contributed by atoms with Crippen molar-refractivity contribution in [1.82, 2.24) is 14.9 Å². The van der Waals surface area contributed by atoms with Crippen molar-refractivity contribution in [3.63, 3.8) is 0 Å². The Hall–Kier alpha value is -2.39. The fourth-order valence-electron chi connectivity index (χ4n) is 3.63. The molecule has 0 bridgehead atoms. The molecule has 2 heterocycles. The van der Waals surface area contributed by atoms with Crippen LogP contribution in [0.2, 0.25) is 5.02 Å². The van der Waals surface area contributed by atoms with E-state index in [1.54, 1.807) is 6.07 Å². The largest absolute Gasteiger partial charge is 0.490 e. The molecular weight excluding hydrogens is 482 g/mol. The molecule has 0 spiro atoms. The molecule has 1 aliphatic rings. The van der Waals surface area contributed by atoms with Crippen molar-refractivity contribution >= 4 is 45.6 Å². The summed E-state index contributed by atoms with van der Waals surface area (Å²) in [6, 6.07) is 8.12. The zero-order valence-electron chi connectivity index (χ0n) is 18.7. The molecule has 1 aromatic heterocycles. The molecule has 1 N–H and O–H groups in total. The van der Waals surface area contributed by atoms with E-state index in [2.05, 4.69) is 20.2 Å². The van der Waals surface area contributed by atoms with E-state index >= 15 is 0 Å². The summed E-state index contributed by atoms with van der Waals surface area (Å²) in [5.41, 5.74) is 1.30. The van der Waals surface area contributed by atoms with Crippen molar-refractivity contribution in [3.05, 3.63) is 47.5 Å². The maximum atomic E-state index is 13.5. The third-order valence-corrected chi connectivity index (χ3v) is 5.96. The summed E-state index contributed by atoms with van der Waals surface area (Å²) in [7, 11) is 0. The van der Waals surface area contributed by atoms with Gasteiger partial charge in [-0.15, -0.1) is 11.6 Å². The summed E-state index contributed by atoms with van der Waals surface area (Å²) in [5, 5.41) is 3.97. The smallest absolute Gasteiger partial charge is 0.163 e. The van der Waals surface area contributed by atoms with E-state index in [4.69, 9.17) is 37.4 Å². The van der Waals surface area contributed by atoms with Crippen LogP contribution in [0.3, 0.4) is 0 Å². The van der Waals surface area contributed by atoms with Crippen molar-refractivity contribution in [2.24, 2.45) is 0 Å². The fraction of sp³-hybridized carbons (Fsp3) is 0.417. The van der Waals surface area contributed by atoms with Gasteiger partial charge in [-0.2, -0.15) is 0 Å². The molecule has 34 heavy (non-hydrogen) atoms. The molecule has 1 fully saturated rings. The Kier molecular flexibility index (Phi) is 8.98. The fourth-order valence-corrected chi connectivity index (χ4v) is 3.92. The van der Waals surface area contributed by atoms with Crippen molar-refractivity contribution in [1.29, 1.82) is 0 Å². The van der Waals surface area contributed by atoms with Gasteiger partial charge in [0.25, 0.3) is 0 Å². The van der Waals surface area contributed by atoms with E-state index < -0.39 is 5.82 Å². The number of benzene rings is 2. The Morgan fingerprint density at radius 1 is 1.03 bits per heavy atom. The number of ether oxygens (including phenoxy) is 3. The molecule has 1 aliphatic heterocycles. The summed E-state index contributed by atoms with van der Waals surface area (Å²) in [6.45, 7) is 5.41. The minimum absolute atomic E-state index is 0.0302. The van der Waals surface area contributed by atoms with Gasteiger partial charge < -0.3 is 19.5 Å². The third-order valence-electron chi connectivity index (χ3n) is 5.40. The normalized spacial score (nSPS) is 14.3. The lowest BCUT2D eigenvalue weighted by Gasteiger charge is -2.26. The van der Waals surface area contributed by atoms with E-state index in [1.165, 1.54) is 18.5 Å². The van der Waals surface area contributed by atoms with Crippen molar-refractivity contribution in [2.75, 3.05) is 57.3 Å². The minimum Gasteiger partial charge on any atom is -0.490 e. The number of hydrogen-bond donors (Lipinski definition) is 1. The number of fused-ring (bicyclic) bond motifs is 1. The van der Waals surface area contributed by atoms with Crippen molar-refractivity contribution in [3.8, 4) is 11.5 Å². The second kappa shape index (κ2) is 12.4. The number of hydrogen-bond acceptors (Lipinski definition) is 7. The standard InChI is InChI=1S/C24H27Cl2FN4O3/c25-5-1-9-33-23-15-21-18(14-22(23)34-10-2-6-31-7-11-32-12-8-31)24(29-16-28-21)30-17-3-4-20(27)19(26)13-17/h3-4,13-16H,1-2,5-12H2,(H,28,29,30). The van der Waals surface area contributed by atoms with Crippen LogP contribution in [0.15, 0.2) is 36.7 Å². The molecule has 4 rings (SSSR count). The number of morpholine rings is 1. The van der Waals surface area contributed by atoms with Crippen LogP contribution < -0.4 is 14.8 Å². The van der Waals surface area contributed by atoms with Crippen molar-refractivity contribution in [2.45, 2.75) is 12.8 Å². The summed E-state index contributed by atoms with van der Waals surface area (Å²) >= 11 is 11.7. The number of aromatic nitrogens is 2. The molecule has 10 heteroatoms. The van der Waals surface area contributed by atoms with E-state index in [9.17, 15) is 4.39 Å². The number of anilines is 2. The van der Waals surface area contributed by atoms with Gasteiger partial charge in [-0.3, -0.25) is 4.90 Å². The Morgan fingerprint density at radius 3 is 2.56 bits per heavy atom. The Balaban J connectivity index is 1.53. The molecule has 0 aliphatic carbocycles. The number of nitrogens with zero attached hydrogens (tertiary/aromatic N) is 3. The first-order chi connectivity index (χ1) is 16.6. The second-order valence-electron chi connectivity index (χ2n) is 7.84. The van der Waals surface area contributed by atoms with Gasteiger partial charge in [0, 0.05) is 42.7 Å². The first kappa shape index (κ1) is 24.7. The Morgan fingerprint density at radius 2 is 1.79 bits per heavy atom. The van der Waals surface area contributed by atoms with E-state index in [0.717, 1.165) is 51.1 Å². The van der Waals surface area contributed by atoms with Gasteiger partial charge in [0.1, 0.15) is 18.0 Å². The average molecular weight is 509 g/mol. The highest BCUT2D eigenvalue weighted by molar-refractivity contribution is 6.31. The van der Waals surface area contributed by atoms with Gasteiger partial charge in [-0.25, -0.2) is 14.4 Å². The van der Waals surface area contributed by atoms with Crippen LogP contribution >= 0.6 is 23.2 Å². The molecule has 0 radical (unpaired) electrons. The Bertz CT molecular complexity index is 1100. The van der Waals surface area contributed by atoms with E-state index in [1.807, 2.05) is 12.1 Å². The maximum absolute atomic E-state index is 13.5. The summed E-state index contributed by atoms with van der Waals surface area (Å²) in [5.74, 6) is 1.81. The van der Waals surface area contributed by atoms with E-state index in [0.29, 0.717) is 47.6 Å². The van der Waals surface area contributed by atoms with Crippen LogP contribution in [0.4, 0.5) is 15.9 Å². The van der Waals surface area contributed by atoms with Crippen LogP contribution in [0.25, 0.3) is 10.9 Å². The van der Waals surface area contributed by atoms with Crippen molar-refractivity contribution < 1.29 is 18.6 Å². The second-order valence-corrected chi connectivity index (χ2v) is 8.62. The number of halogens is 3. The minimum atomic E-state index is -0.480. The number of rotatable bonds is 11. The van der Waals surface area contributed by atoms with Crippen LogP contribution in [-0.4, -0.2) is 66.8 Å². The molecule has 182 valence electrons. The van der Waals surface area contributed by atoms with Crippen LogP contribution in [0.1, 0.15) is 12.8 Å². The molecule has 2 aromatic carbocycles. The third kappa shape index (κ3) is 6.60. The quantitative estimate of drug-likeness (QED) is 0.279. The van der Waals surface area contributed by atoms with Gasteiger partial charge in [0.2, 0.25) is 0 Å². The lowest BCUT2D eigenvalue weighted by Crippen LogP contribution is -2.37. The first-order valence-electron chi connectivity index (χ1n) is 11.3. The molecule has 0 unspecified atom stereocenters. The molecule has 0 amide bonds. The van der Waals surface area contributed by atoms with Crippen LogP contribution in [0.5, 0.6) is 11.5 Å². The molecule has 7 nitrogen and oxygen atoms in total.